The molecule has 0 aromatic heterocycles. The lowest BCUT2D eigenvalue weighted by Crippen LogP contribution is -2.51. The Morgan fingerprint density at radius 1 is 1.47 bits per heavy atom. The van der Waals surface area contributed by atoms with Crippen LogP contribution in [0.5, 0.6) is 0 Å². The summed E-state index contributed by atoms with van der Waals surface area (Å²) in [5.41, 5.74) is -1.01. The van der Waals surface area contributed by atoms with Gasteiger partial charge in [0.25, 0.3) is 5.91 Å². The summed E-state index contributed by atoms with van der Waals surface area (Å²) in [6.45, 7) is 3.17. The predicted molar refractivity (Wildman–Crippen MR) is 77.0 cm³/mol. The number of aliphatic carboxylic acids is 1. The van der Waals surface area contributed by atoms with Crippen LogP contribution in [0, 0.1) is 0 Å². The Bertz CT molecular complexity index is 507. The number of carboxylic acids is 1. The molecule has 104 valence electrons. The van der Waals surface area contributed by atoms with Gasteiger partial charge in [0.1, 0.15) is 5.54 Å². The normalized spacial score (nSPS) is 13.7. The summed E-state index contributed by atoms with van der Waals surface area (Å²) < 4.78 is 0. The summed E-state index contributed by atoms with van der Waals surface area (Å²) in [7, 11) is 0. The van der Waals surface area contributed by atoms with E-state index in [-0.39, 0.29) is 12.0 Å². The number of thioether (sulfide) groups is 1. The maximum absolute atomic E-state index is 12.1. The van der Waals surface area contributed by atoms with Crippen molar-refractivity contribution in [1.29, 1.82) is 0 Å². The summed E-state index contributed by atoms with van der Waals surface area (Å²) in [5.74, 6) is -1.55. The molecule has 6 heteroatoms. The van der Waals surface area contributed by atoms with Gasteiger partial charge in [-0.3, -0.25) is 4.79 Å². The van der Waals surface area contributed by atoms with E-state index < -0.39 is 17.4 Å². The molecule has 0 saturated heterocycles. The molecule has 0 heterocycles. The highest BCUT2D eigenvalue weighted by molar-refractivity contribution is 7.98. The molecule has 4 nitrogen and oxygen atoms in total. The minimum Gasteiger partial charge on any atom is -0.480 e. The van der Waals surface area contributed by atoms with Gasteiger partial charge in [0.2, 0.25) is 0 Å². The number of carbonyl (C=O) groups excluding carboxylic acids is 1. The van der Waals surface area contributed by atoms with Gasteiger partial charge in [0.05, 0.1) is 10.6 Å². The Balaban J connectivity index is 3.04. The molecule has 0 aliphatic rings. The first-order valence-corrected chi connectivity index (χ1v) is 7.33. The van der Waals surface area contributed by atoms with Gasteiger partial charge in [-0.15, -0.1) is 11.8 Å². The molecular formula is C13H16ClNO3S. The van der Waals surface area contributed by atoms with Crippen LogP contribution in [0.1, 0.15) is 30.6 Å². The zero-order valence-corrected chi connectivity index (χ0v) is 12.6. The van der Waals surface area contributed by atoms with Crippen LogP contribution in [0.15, 0.2) is 23.1 Å². The van der Waals surface area contributed by atoms with E-state index in [1.165, 1.54) is 18.7 Å². The third kappa shape index (κ3) is 3.64. The van der Waals surface area contributed by atoms with E-state index in [1.807, 2.05) is 6.26 Å². The minimum atomic E-state index is -1.30. The Morgan fingerprint density at radius 3 is 2.58 bits per heavy atom. The molecule has 1 aromatic carbocycles. The summed E-state index contributed by atoms with van der Waals surface area (Å²) >= 11 is 7.47. The van der Waals surface area contributed by atoms with Crippen LogP contribution in [0.3, 0.4) is 0 Å². The van der Waals surface area contributed by atoms with E-state index in [0.29, 0.717) is 5.02 Å². The van der Waals surface area contributed by atoms with Crippen LogP contribution in [0.4, 0.5) is 0 Å². The fraction of sp³-hybridized carbons (Fsp3) is 0.385. The van der Waals surface area contributed by atoms with Crippen molar-refractivity contribution in [2.45, 2.75) is 30.7 Å². The SMILES string of the molecule is CCC(C)(NC(=O)c1cc(SC)ccc1Cl)C(=O)O. The lowest BCUT2D eigenvalue weighted by molar-refractivity contribution is -0.143. The van der Waals surface area contributed by atoms with Crippen LogP contribution >= 0.6 is 23.4 Å². The van der Waals surface area contributed by atoms with E-state index in [9.17, 15) is 9.59 Å². The number of carbonyl (C=O) groups is 2. The summed E-state index contributed by atoms with van der Waals surface area (Å²) in [6.07, 6.45) is 2.17. The molecule has 1 atom stereocenters. The standard InChI is InChI=1S/C13H16ClNO3S/c1-4-13(2,12(17)18)15-11(16)9-7-8(19-3)5-6-10(9)14/h5-7H,4H2,1-3H3,(H,15,16)(H,17,18). The molecule has 2 N–H and O–H groups in total. The first kappa shape index (κ1) is 15.9. The van der Waals surface area contributed by atoms with Crippen LogP contribution in [-0.2, 0) is 4.79 Å². The van der Waals surface area contributed by atoms with E-state index in [1.54, 1.807) is 25.1 Å². The molecule has 0 radical (unpaired) electrons. The molecular weight excluding hydrogens is 286 g/mol. The maximum atomic E-state index is 12.1. The average molecular weight is 302 g/mol. The second-order valence-corrected chi connectivity index (χ2v) is 5.58. The lowest BCUT2D eigenvalue weighted by atomic mass is 9.98. The summed E-state index contributed by atoms with van der Waals surface area (Å²) in [6, 6.07) is 5.09. The molecule has 0 aliphatic carbocycles. The Kier molecular flexibility index (Phi) is 5.26. The number of amides is 1. The van der Waals surface area contributed by atoms with Crippen molar-refractivity contribution >= 4 is 35.2 Å². The zero-order chi connectivity index (χ0) is 14.6. The second-order valence-electron chi connectivity index (χ2n) is 4.29. The molecule has 1 unspecified atom stereocenters. The van der Waals surface area contributed by atoms with Crippen molar-refractivity contribution in [1.82, 2.24) is 5.32 Å². The molecule has 0 aliphatic heterocycles. The van der Waals surface area contributed by atoms with Gasteiger partial charge in [0, 0.05) is 4.90 Å². The number of hydrogen-bond donors (Lipinski definition) is 2. The van der Waals surface area contributed by atoms with Crippen molar-refractivity contribution < 1.29 is 14.7 Å². The van der Waals surface area contributed by atoms with Gasteiger partial charge in [-0.2, -0.15) is 0 Å². The van der Waals surface area contributed by atoms with Crippen molar-refractivity contribution in [3.8, 4) is 0 Å². The Morgan fingerprint density at radius 2 is 2.11 bits per heavy atom. The van der Waals surface area contributed by atoms with Crippen molar-refractivity contribution in [2.24, 2.45) is 0 Å². The summed E-state index contributed by atoms with van der Waals surface area (Å²) in [5, 5.41) is 12.0. The van der Waals surface area contributed by atoms with Gasteiger partial charge in [0.15, 0.2) is 0 Å². The molecule has 0 bridgehead atoms. The van der Waals surface area contributed by atoms with Crippen molar-refractivity contribution in [3.05, 3.63) is 28.8 Å². The quantitative estimate of drug-likeness (QED) is 0.820. The maximum Gasteiger partial charge on any atom is 0.329 e. The van der Waals surface area contributed by atoms with Crippen molar-refractivity contribution in [3.63, 3.8) is 0 Å². The zero-order valence-electron chi connectivity index (χ0n) is 11.0. The van der Waals surface area contributed by atoms with Gasteiger partial charge in [-0.05, 0) is 37.8 Å². The van der Waals surface area contributed by atoms with Crippen LogP contribution in [0.2, 0.25) is 5.02 Å². The molecule has 0 fully saturated rings. The molecule has 0 spiro atoms. The van der Waals surface area contributed by atoms with E-state index in [2.05, 4.69) is 5.32 Å². The number of benzene rings is 1. The van der Waals surface area contributed by atoms with Crippen LogP contribution in [-0.4, -0.2) is 28.8 Å². The van der Waals surface area contributed by atoms with Gasteiger partial charge >= 0.3 is 5.97 Å². The number of rotatable bonds is 5. The van der Waals surface area contributed by atoms with Crippen LogP contribution in [0.25, 0.3) is 0 Å². The van der Waals surface area contributed by atoms with E-state index in [4.69, 9.17) is 16.7 Å². The van der Waals surface area contributed by atoms with Crippen LogP contribution < -0.4 is 5.32 Å². The predicted octanol–water partition coefficient (Wildman–Crippen LogP) is 3.05. The van der Waals surface area contributed by atoms with E-state index >= 15 is 0 Å². The monoisotopic (exact) mass is 301 g/mol. The third-order valence-electron chi connectivity index (χ3n) is 2.99. The molecule has 1 aromatic rings. The van der Waals surface area contributed by atoms with E-state index in [0.717, 1.165) is 4.90 Å². The number of carboxylic acid groups (broad SMARTS) is 1. The fourth-order valence-corrected chi connectivity index (χ4v) is 2.06. The average Bonchev–Trinajstić information content (AvgIpc) is 2.38. The van der Waals surface area contributed by atoms with Gasteiger partial charge < -0.3 is 10.4 Å². The molecule has 1 amide bonds. The smallest absolute Gasteiger partial charge is 0.329 e. The number of hydrogen-bond acceptors (Lipinski definition) is 3. The lowest BCUT2D eigenvalue weighted by Gasteiger charge is -2.24. The third-order valence-corrected chi connectivity index (χ3v) is 4.04. The number of halogens is 1. The Hall–Kier alpha value is -1.20. The highest BCUT2D eigenvalue weighted by Crippen LogP contribution is 2.23. The topological polar surface area (TPSA) is 66.4 Å². The highest BCUT2D eigenvalue weighted by atomic mass is 35.5. The largest absolute Gasteiger partial charge is 0.480 e. The first-order chi connectivity index (χ1) is 8.84. The first-order valence-electron chi connectivity index (χ1n) is 5.73. The number of nitrogens with one attached hydrogen (secondary N) is 1. The van der Waals surface area contributed by atoms with Crippen molar-refractivity contribution in [2.75, 3.05) is 6.26 Å². The van der Waals surface area contributed by atoms with Gasteiger partial charge in [-0.25, -0.2) is 4.79 Å². The van der Waals surface area contributed by atoms with Gasteiger partial charge in [-0.1, -0.05) is 18.5 Å². The molecule has 19 heavy (non-hydrogen) atoms. The Labute approximate surface area is 121 Å². The molecule has 0 saturated carbocycles. The highest BCUT2D eigenvalue weighted by Gasteiger charge is 2.33. The molecule has 1 rings (SSSR count). The second kappa shape index (κ2) is 6.30. The minimum absolute atomic E-state index is 0.286. The fourth-order valence-electron chi connectivity index (χ4n) is 1.42. The summed E-state index contributed by atoms with van der Waals surface area (Å²) in [4.78, 5) is 24.2.